The third-order valence-electron chi connectivity index (χ3n) is 9.05. The first-order valence-corrected chi connectivity index (χ1v) is 14.2. The normalized spacial score (nSPS) is 16.2. The van der Waals surface area contributed by atoms with E-state index >= 15 is 0 Å². The van der Waals surface area contributed by atoms with Crippen LogP contribution in [0.3, 0.4) is 0 Å². The minimum absolute atomic E-state index is 0.214. The van der Waals surface area contributed by atoms with Crippen molar-refractivity contribution in [2.45, 2.75) is 25.9 Å². The first-order valence-electron chi connectivity index (χ1n) is 14.2. The van der Waals surface area contributed by atoms with E-state index in [-0.39, 0.29) is 5.41 Å². The maximum atomic E-state index is 6.40. The van der Waals surface area contributed by atoms with Gasteiger partial charge in [0, 0.05) is 22.7 Å². The van der Waals surface area contributed by atoms with Gasteiger partial charge in [0.25, 0.3) is 0 Å². The zero-order valence-electron chi connectivity index (χ0n) is 23.2. The van der Waals surface area contributed by atoms with Crippen molar-refractivity contribution < 1.29 is 4.74 Å². The molecule has 0 saturated carbocycles. The van der Waals surface area contributed by atoms with Gasteiger partial charge in [0.2, 0.25) is 0 Å². The second-order valence-corrected chi connectivity index (χ2v) is 11.3. The van der Waals surface area contributed by atoms with Crippen LogP contribution in [-0.4, -0.2) is 4.98 Å². The topological polar surface area (TPSA) is 22.1 Å². The predicted octanol–water partition coefficient (Wildman–Crippen LogP) is 9.62. The Kier molecular flexibility index (Phi) is 5.27. The summed E-state index contributed by atoms with van der Waals surface area (Å²) in [5.41, 5.74) is 15.8. The number of aryl methyl sites for hydroxylation is 1. The summed E-state index contributed by atoms with van der Waals surface area (Å²) in [5.74, 6) is 0.941. The molecule has 1 aromatic heterocycles. The summed E-state index contributed by atoms with van der Waals surface area (Å²) < 4.78 is 6.40. The third kappa shape index (κ3) is 3.61. The van der Waals surface area contributed by atoms with E-state index < -0.39 is 0 Å². The van der Waals surface area contributed by atoms with Crippen molar-refractivity contribution in [2.24, 2.45) is 0 Å². The molecule has 0 N–H and O–H groups in total. The molecule has 2 aliphatic rings. The molecule has 2 nitrogen and oxygen atoms in total. The van der Waals surface area contributed by atoms with Gasteiger partial charge in [0.1, 0.15) is 12.4 Å². The summed E-state index contributed by atoms with van der Waals surface area (Å²) >= 11 is 0. The molecule has 8 rings (SSSR count). The largest absolute Gasteiger partial charge is 0.488 e. The van der Waals surface area contributed by atoms with Crippen LogP contribution in [0, 0.1) is 6.92 Å². The fourth-order valence-corrected chi connectivity index (χ4v) is 6.84. The van der Waals surface area contributed by atoms with Gasteiger partial charge in [-0.25, -0.2) is 0 Å². The van der Waals surface area contributed by atoms with Crippen molar-refractivity contribution in [1.29, 1.82) is 0 Å². The third-order valence-corrected chi connectivity index (χ3v) is 9.05. The van der Waals surface area contributed by atoms with E-state index in [0.717, 1.165) is 28.1 Å². The molecule has 1 unspecified atom stereocenters. The highest BCUT2D eigenvalue weighted by Crippen LogP contribution is 2.54. The van der Waals surface area contributed by atoms with E-state index in [1.165, 1.54) is 50.1 Å². The quantitative estimate of drug-likeness (QED) is 0.229. The number of ether oxygens (including phenoxy) is 1. The van der Waals surface area contributed by atoms with Gasteiger partial charge in [0.15, 0.2) is 0 Å². The van der Waals surface area contributed by atoms with Gasteiger partial charge in [-0.15, -0.1) is 0 Å². The Hall–Kier alpha value is -4.95. The summed E-state index contributed by atoms with van der Waals surface area (Å²) in [5, 5.41) is 0. The highest BCUT2D eigenvalue weighted by molar-refractivity contribution is 5.89. The number of hydrogen-bond donors (Lipinski definition) is 0. The second-order valence-electron chi connectivity index (χ2n) is 11.3. The van der Waals surface area contributed by atoms with Crippen LogP contribution < -0.4 is 4.74 Å². The maximum absolute atomic E-state index is 6.40. The lowest BCUT2D eigenvalue weighted by Crippen LogP contribution is -2.22. The molecule has 1 aliphatic heterocycles. The minimum Gasteiger partial charge on any atom is -0.488 e. The lowest BCUT2D eigenvalue weighted by molar-refractivity contribution is 0.302. The molecule has 5 aromatic carbocycles. The smallest absolute Gasteiger partial charge is 0.128 e. The zero-order chi connectivity index (χ0) is 27.6. The lowest BCUT2D eigenvalue weighted by Gasteiger charge is -2.30. The minimum atomic E-state index is -0.214. The number of nitrogens with zero attached hydrogens (tertiary/aromatic N) is 1. The molecule has 0 saturated heterocycles. The number of fused-ring (bicyclic) bond motifs is 6. The van der Waals surface area contributed by atoms with Crippen molar-refractivity contribution in [3.8, 4) is 50.4 Å². The Labute approximate surface area is 240 Å². The molecule has 6 aromatic rings. The van der Waals surface area contributed by atoms with Crippen molar-refractivity contribution in [3.63, 3.8) is 0 Å². The number of benzene rings is 5. The van der Waals surface area contributed by atoms with Gasteiger partial charge < -0.3 is 4.74 Å². The van der Waals surface area contributed by atoms with Crippen LogP contribution in [0.1, 0.15) is 34.7 Å². The number of hydrogen-bond acceptors (Lipinski definition) is 2. The number of pyridine rings is 1. The Morgan fingerprint density at radius 2 is 1.37 bits per heavy atom. The monoisotopic (exact) mass is 527 g/mol. The summed E-state index contributed by atoms with van der Waals surface area (Å²) in [7, 11) is 0. The van der Waals surface area contributed by atoms with Crippen molar-refractivity contribution in [1.82, 2.24) is 4.98 Å². The molecule has 2 heterocycles. The molecule has 41 heavy (non-hydrogen) atoms. The molecule has 1 atom stereocenters. The first-order chi connectivity index (χ1) is 20.1. The molecular weight excluding hydrogens is 498 g/mol. The van der Waals surface area contributed by atoms with Crippen LogP contribution in [0.25, 0.3) is 44.6 Å². The first kappa shape index (κ1) is 23.9. The highest BCUT2D eigenvalue weighted by Gasteiger charge is 2.41. The van der Waals surface area contributed by atoms with Crippen molar-refractivity contribution in [2.75, 3.05) is 0 Å². The van der Waals surface area contributed by atoms with Crippen LogP contribution in [0.2, 0.25) is 0 Å². The molecule has 196 valence electrons. The van der Waals surface area contributed by atoms with Crippen LogP contribution in [-0.2, 0) is 12.0 Å². The van der Waals surface area contributed by atoms with Gasteiger partial charge in [-0.05, 0) is 93.7 Å². The van der Waals surface area contributed by atoms with Crippen molar-refractivity contribution >= 4 is 0 Å². The SMILES string of the molecule is Cc1cccnc1-c1ccc(-c2ccc3c(c2)OCc2cc4c(cc2-3)C(C)(c2ccccc2)c2ccccc2-4)cc1. The lowest BCUT2D eigenvalue weighted by atomic mass is 9.73. The fourth-order valence-electron chi connectivity index (χ4n) is 6.84. The molecule has 2 heteroatoms. The fraction of sp³-hybridized carbons (Fsp3) is 0.103. The van der Waals surface area contributed by atoms with E-state index in [4.69, 9.17) is 4.74 Å². The molecular formula is C39H29NO. The summed E-state index contributed by atoms with van der Waals surface area (Å²) in [6.07, 6.45) is 1.85. The summed E-state index contributed by atoms with van der Waals surface area (Å²) in [6, 6.07) is 44.0. The van der Waals surface area contributed by atoms with E-state index in [1.807, 2.05) is 12.3 Å². The summed E-state index contributed by atoms with van der Waals surface area (Å²) in [4.78, 5) is 4.58. The van der Waals surface area contributed by atoms with Gasteiger partial charge in [0.05, 0.1) is 5.69 Å². The van der Waals surface area contributed by atoms with Gasteiger partial charge in [-0.2, -0.15) is 0 Å². The van der Waals surface area contributed by atoms with E-state index in [0.29, 0.717) is 6.61 Å². The molecule has 1 aliphatic carbocycles. The molecule has 0 radical (unpaired) electrons. The molecule has 0 bridgehead atoms. The summed E-state index contributed by atoms with van der Waals surface area (Å²) in [6.45, 7) is 5.05. The second kappa shape index (κ2) is 9.04. The van der Waals surface area contributed by atoms with E-state index in [2.05, 4.69) is 134 Å². The predicted molar refractivity (Wildman–Crippen MR) is 167 cm³/mol. The molecule has 0 amide bonds. The average molecular weight is 528 g/mol. The number of aromatic nitrogens is 1. The van der Waals surface area contributed by atoms with Gasteiger partial charge >= 0.3 is 0 Å². The number of rotatable bonds is 3. The van der Waals surface area contributed by atoms with Gasteiger partial charge in [-0.3, -0.25) is 4.98 Å². The van der Waals surface area contributed by atoms with Crippen LogP contribution in [0.4, 0.5) is 0 Å². The molecule has 0 fully saturated rings. The zero-order valence-corrected chi connectivity index (χ0v) is 23.2. The maximum Gasteiger partial charge on any atom is 0.128 e. The van der Waals surface area contributed by atoms with E-state index in [9.17, 15) is 0 Å². The average Bonchev–Trinajstić information content (AvgIpc) is 3.29. The Morgan fingerprint density at radius 3 is 2.20 bits per heavy atom. The Balaban J connectivity index is 1.21. The Morgan fingerprint density at radius 1 is 0.610 bits per heavy atom. The highest BCUT2D eigenvalue weighted by atomic mass is 16.5. The van der Waals surface area contributed by atoms with Crippen molar-refractivity contribution in [3.05, 3.63) is 155 Å². The van der Waals surface area contributed by atoms with Crippen LogP contribution >= 0.6 is 0 Å². The van der Waals surface area contributed by atoms with Gasteiger partial charge in [-0.1, -0.05) is 97.1 Å². The standard InChI is InChI=1S/C39H29NO/c1-25-9-8-20-40-38(25)27-16-14-26(15-17-27)28-18-19-32-33-23-36-34(21-29(33)24-41-37(32)22-28)31-12-6-7-13-35(31)39(36,2)30-10-4-3-5-11-30/h3-23H,24H2,1-2H3. The Bertz CT molecular complexity index is 1960. The molecule has 0 spiro atoms. The van der Waals surface area contributed by atoms with Crippen LogP contribution in [0.15, 0.2) is 128 Å². The van der Waals surface area contributed by atoms with Crippen LogP contribution in [0.5, 0.6) is 5.75 Å². The van der Waals surface area contributed by atoms with E-state index in [1.54, 1.807) is 0 Å².